The fraction of sp³-hybridized carbons (Fsp3) is 0.538. The summed E-state index contributed by atoms with van der Waals surface area (Å²) in [6.07, 6.45) is 2.54. The number of rotatable bonds is 8. The van der Waals surface area contributed by atoms with Crippen LogP contribution in [0, 0.1) is 10.1 Å². The van der Waals surface area contributed by atoms with Gasteiger partial charge >= 0.3 is 0 Å². The van der Waals surface area contributed by atoms with Crippen molar-refractivity contribution in [3.63, 3.8) is 0 Å². The summed E-state index contributed by atoms with van der Waals surface area (Å²) in [6.45, 7) is 0.886. The van der Waals surface area contributed by atoms with Crippen molar-refractivity contribution in [1.82, 2.24) is 0 Å². The first kappa shape index (κ1) is 15.2. The van der Waals surface area contributed by atoms with Gasteiger partial charge in [0, 0.05) is 32.3 Å². The summed E-state index contributed by atoms with van der Waals surface area (Å²) in [7, 11) is 3.35. The number of anilines is 1. The predicted molar refractivity (Wildman–Crippen MR) is 73.9 cm³/mol. The third kappa shape index (κ3) is 4.40. The zero-order valence-corrected chi connectivity index (χ0v) is 11.3. The lowest BCUT2D eigenvalue weighted by Crippen LogP contribution is -2.19. The summed E-state index contributed by atoms with van der Waals surface area (Å²) < 4.78 is 5.10. The van der Waals surface area contributed by atoms with E-state index in [0.717, 1.165) is 19.3 Å². The van der Waals surface area contributed by atoms with E-state index in [1.807, 2.05) is 11.9 Å². The van der Waals surface area contributed by atoms with Gasteiger partial charge in [0.25, 0.3) is 5.69 Å². The molecule has 19 heavy (non-hydrogen) atoms. The first-order chi connectivity index (χ1) is 9.10. The summed E-state index contributed by atoms with van der Waals surface area (Å²) in [5, 5.41) is 19.7. The fourth-order valence-corrected chi connectivity index (χ4v) is 1.85. The number of nitro groups is 1. The zero-order valence-electron chi connectivity index (χ0n) is 11.3. The minimum Gasteiger partial charge on any atom is -0.497 e. The Morgan fingerprint density at radius 2 is 2.11 bits per heavy atom. The average Bonchev–Trinajstić information content (AvgIpc) is 2.42. The van der Waals surface area contributed by atoms with Crippen LogP contribution < -0.4 is 9.64 Å². The molecule has 0 aromatic heterocycles. The van der Waals surface area contributed by atoms with Gasteiger partial charge in [-0.25, -0.2) is 0 Å². The highest BCUT2D eigenvalue weighted by Crippen LogP contribution is 2.31. The van der Waals surface area contributed by atoms with Gasteiger partial charge < -0.3 is 14.7 Å². The molecule has 0 bridgehead atoms. The zero-order chi connectivity index (χ0) is 14.3. The third-order valence-electron chi connectivity index (χ3n) is 2.94. The molecule has 0 spiro atoms. The molecule has 0 unspecified atom stereocenters. The van der Waals surface area contributed by atoms with E-state index in [4.69, 9.17) is 9.84 Å². The van der Waals surface area contributed by atoms with Gasteiger partial charge in [-0.1, -0.05) is 0 Å². The number of nitrogens with zero attached hydrogens (tertiary/aromatic N) is 2. The van der Waals surface area contributed by atoms with Crippen LogP contribution in [-0.2, 0) is 0 Å². The fourth-order valence-electron chi connectivity index (χ4n) is 1.85. The molecule has 0 aliphatic rings. The number of hydrogen-bond acceptors (Lipinski definition) is 5. The molecule has 0 heterocycles. The van der Waals surface area contributed by atoms with Crippen molar-refractivity contribution in [2.24, 2.45) is 0 Å². The van der Waals surface area contributed by atoms with Crippen LogP contribution in [0.4, 0.5) is 11.4 Å². The lowest BCUT2D eigenvalue weighted by molar-refractivity contribution is -0.384. The molecular formula is C13H20N2O4. The van der Waals surface area contributed by atoms with Gasteiger partial charge in [-0.15, -0.1) is 0 Å². The normalized spacial score (nSPS) is 10.3. The van der Waals surface area contributed by atoms with Gasteiger partial charge in [0.15, 0.2) is 0 Å². The summed E-state index contributed by atoms with van der Waals surface area (Å²) in [4.78, 5) is 12.5. The number of ether oxygens (including phenoxy) is 1. The molecule has 1 rings (SSSR count). The molecular weight excluding hydrogens is 248 g/mol. The molecule has 0 amide bonds. The molecule has 1 aromatic carbocycles. The Labute approximate surface area is 112 Å². The number of methoxy groups -OCH3 is 1. The van der Waals surface area contributed by atoms with Gasteiger partial charge in [0.2, 0.25) is 0 Å². The van der Waals surface area contributed by atoms with Crippen molar-refractivity contribution in [2.75, 3.05) is 32.2 Å². The number of nitro benzene ring substituents is 1. The maximum absolute atomic E-state index is 11.0. The van der Waals surface area contributed by atoms with E-state index >= 15 is 0 Å². The Morgan fingerprint density at radius 1 is 1.37 bits per heavy atom. The van der Waals surface area contributed by atoms with Crippen LogP contribution in [0.15, 0.2) is 18.2 Å². The van der Waals surface area contributed by atoms with E-state index in [2.05, 4.69) is 0 Å². The Hall–Kier alpha value is -1.82. The second-order valence-electron chi connectivity index (χ2n) is 4.32. The van der Waals surface area contributed by atoms with Crippen LogP contribution in [-0.4, -0.2) is 37.3 Å². The number of benzene rings is 1. The van der Waals surface area contributed by atoms with E-state index < -0.39 is 0 Å². The minimum absolute atomic E-state index is 0.0745. The summed E-state index contributed by atoms with van der Waals surface area (Å²) in [5.74, 6) is 0.600. The van der Waals surface area contributed by atoms with Crippen LogP contribution in [0.1, 0.15) is 19.3 Å². The van der Waals surface area contributed by atoms with Gasteiger partial charge in [-0.05, 0) is 25.3 Å². The summed E-state index contributed by atoms with van der Waals surface area (Å²) in [5.41, 5.74) is 0.624. The SMILES string of the molecule is COc1ccc([N+](=O)[O-])c(N(C)CCCCCO)c1. The van der Waals surface area contributed by atoms with Gasteiger partial charge in [-0.3, -0.25) is 10.1 Å². The minimum atomic E-state index is -0.390. The first-order valence-electron chi connectivity index (χ1n) is 6.24. The highest BCUT2D eigenvalue weighted by Gasteiger charge is 2.17. The van der Waals surface area contributed by atoms with Crippen LogP contribution in [0.25, 0.3) is 0 Å². The molecule has 0 fully saturated rings. The highest BCUT2D eigenvalue weighted by atomic mass is 16.6. The number of hydrogen-bond donors (Lipinski definition) is 1. The van der Waals surface area contributed by atoms with E-state index in [9.17, 15) is 10.1 Å². The first-order valence-corrected chi connectivity index (χ1v) is 6.24. The van der Waals surface area contributed by atoms with Crippen molar-refractivity contribution in [3.05, 3.63) is 28.3 Å². The van der Waals surface area contributed by atoms with Gasteiger partial charge in [0.05, 0.1) is 12.0 Å². The highest BCUT2D eigenvalue weighted by molar-refractivity contribution is 5.65. The monoisotopic (exact) mass is 268 g/mol. The lowest BCUT2D eigenvalue weighted by Gasteiger charge is -2.19. The molecule has 6 nitrogen and oxygen atoms in total. The largest absolute Gasteiger partial charge is 0.497 e. The lowest BCUT2D eigenvalue weighted by atomic mass is 10.2. The van der Waals surface area contributed by atoms with Crippen molar-refractivity contribution in [3.8, 4) is 5.75 Å². The number of aliphatic hydroxyl groups is 1. The molecule has 0 saturated heterocycles. The molecule has 0 aliphatic carbocycles. The van der Waals surface area contributed by atoms with E-state index in [0.29, 0.717) is 18.0 Å². The molecule has 1 aromatic rings. The summed E-state index contributed by atoms with van der Waals surface area (Å²) >= 11 is 0. The van der Waals surface area contributed by atoms with E-state index in [-0.39, 0.29) is 17.2 Å². The standard InChI is InChI=1S/C13H20N2O4/c1-14(8-4-3-5-9-16)13-10-11(19-2)6-7-12(13)15(17)18/h6-7,10,16H,3-5,8-9H2,1-2H3. The van der Waals surface area contributed by atoms with Gasteiger partial charge in [-0.2, -0.15) is 0 Å². The smallest absolute Gasteiger partial charge is 0.292 e. The molecule has 0 radical (unpaired) electrons. The van der Waals surface area contributed by atoms with Crippen molar-refractivity contribution < 1.29 is 14.8 Å². The van der Waals surface area contributed by atoms with E-state index in [1.165, 1.54) is 13.2 Å². The van der Waals surface area contributed by atoms with Crippen molar-refractivity contribution >= 4 is 11.4 Å². The third-order valence-corrected chi connectivity index (χ3v) is 2.94. The quantitative estimate of drug-likeness (QED) is 0.444. The molecule has 0 aliphatic heterocycles. The Balaban J connectivity index is 2.80. The molecule has 106 valence electrons. The van der Waals surface area contributed by atoms with Gasteiger partial charge in [0.1, 0.15) is 11.4 Å². The maximum atomic E-state index is 11.0. The molecule has 0 atom stereocenters. The van der Waals surface area contributed by atoms with Crippen LogP contribution in [0.5, 0.6) is 5.75 Å². The molecule has 0 saturated carbocycles. The van der Waals surface area contributed by atoms with Crippen LogP contribution in [0.2, 0.25) is 0 Å². The Kier molecular flexibility index (Phi) is 6.08. The number of aliphatic hydroxyl groups excluding tert-OH is 1. The van der Waals surface area contributed by atoms with Crippen LogP contribution in [0.3, 0.4) is 0 Å². The Bertz CT molecular complexity index is 423. The average molecular weight is 268 g/mol. The predicted octanol–water partition coefficient (Wildman–Crippen LogP) is 2.20. The summed E-state index contributed by atoms with van der Waals surface area (Å²) in [6, 6.07) is 4.71. The molecule has 1 N–H and O–H groups in total. The number of unbranched alkanes of at least 4 members (excludes halogenated alkanes) is 2. The maximum Gasteiger partial charge on any atom is 0.292 e. The van der Waals surface area contributed by atoms with E-state index in [1.54, 1.807) is 12.1 Å². The van der Waals surface area contributed by atoms with Crippen LogP contribution >= 0.6 is 0 Å². The Morgan fingerprint density at radius 3 is 2.68 bits per heavy atom. The van der Waals surface area contributed by atoms with Crippen molar-refractivity contribution in [2.45, 2.75) is 19.3 Å². The molecule has 6 heteroatoms. The van der Waals surface area contributed by atoms with Crippen molar-refractivity contribution in [1.29, 1.82) is 0 Å². The second-order valence-corrected chi connectivity index (χ2v) is 4.32. The second kappa shape index (κ2) is 7.58. The topological polar surface area (TPSA) is 75.8 Å².